The molecule has 3 aromatic carbocycles. The summed E-state index contributed by atoms with van der Waals surface area (Å²) in [6, 6.07) is 28.8. The van der Waals surface area contributed by atoms with Gasteiger partial charge in [0.1, 0.15) is 23.9 Å². The number of amides is 1. The molecule has 0 radical (unpaired) electrons. The van der Waals surface area contributed by atoms with Crippen LogP contribution in [0.3, 0.4) is 0 Å². The monoisotopic (exact) mass is 519 g/mol. The van der Waals surface area contributed by atoms with Gasteiger partial charge in [0, 0.05) is 7.05 Å². The number of hydrogen-bond acceptors (Lipinski definition) is 6. The van der Waals surface area contributed by atoms with Crippen molar-refractivity contribution in [2.24, 2.45) is 0 Å². The topological polar surface area (TPSA) is 86.7 Å². The van der Waals surface area contributed by atoms with Gasteiger partial charge in [-0.15, -0.1) is 0 Å². The van der Waals surface area contributed by atoms with Gasteiger partial charge < -0.3 is 33.7 Å². The maximum Gasteiger partial charge on any atom is 0.407 e. The molecule has 2 heterocycles. The van der Waals surface area contributed by atoms with Gasteiger partial charge in [-0.25, -0.2) is 4.79 Å². The lowest BCUT2D eigenvalue weighted by atomic mass is 9.87. The number of nitrogens with zero attached hydrogens (tertiary/aromatic N) is 1. The second-order valence-corrected chi connectivity index (χ2v) is 9.70. The molecular weight excluding hydrogens is 486 g/mol. The first kappa shape index (κ1) is 26.3. The lowest BCUT2D eigenvalue weighted by Gasteiger charge is -2.48. The molecule has 38 heavy (non-hydrogen) atoms. The van der Waals surface area contributed by atoms with Crippen LogP contribution < -0.4 is 0 Å². The zero-order chi connectivity index (χ0) is 26.4. The van der Waals surface area contributed by atoms with Crippen LogP contribution in [-0.4, -0.2) is 66.5 Å². The minimum atomic E-state index is -1.10. The molecule has 5 atom stereocenters. The van der Waals surface area contributed by atoms with Gasteiger partial charge in [-0.3, -0.25) is 0 Å². The van der Waals surface area contributed by atoms with E-state index < -0.39 is 36.2 Å². The molecule has 8 nitrogen and oxygen atoms in total. The Balaban J connectivity index is 1.43. The number of ether oxygens (including phenoxy) is 5. The summed E-state index contributed by atoms with van der Waals surface area (Å²) in [5, 5.41) is 9.88. The van der Waals surface area contributed by atoms with Crippen molar-refractivity contribution in [1.29, 1.82) is 0 Å². The first-order valence-electron chi connectivity index (χ1n) is 12.7. The third kappa shape index (κ3) is 5.90. The van der Waals surface area contributed by atoms with Crippen LogP contribution >= 0.6 is 0 Å². The number of rotatable bonds is 11. The minimum Gasteiger partial charge on any atom is -0.465 e. The molecule has 2 bridgehead atoms. The van der Waals surface area contributed by atoms with E-state index in [0.29, 0.717) is 13.2 Å². The molecule has 0 aliphatic carbocycles. The van der Waals surface area contributed by atoms with Crippen molar-refractivity contribution >= 4 is 6.09 Å². The molecule has 1 N–H and O–H groups in total. The van der Waals surface area contributed by atoms with Gasteiger partial charge in [0.25, 0.3) is 0 Å². The molecule has 1 amide bonds. The van der Waals surface area contributed by atoms with Crippen molar-refractivity contribution in [1.82, 2.24) is 4.90 Å². The fraction of sp³-hybridized carbons (Fsp3) is 0.367. The number of hydrogen-bond donors (Lipinski definition) is 1. The summed E-state index contributed by atoms with van der Waals surface area (Å²) in [6.45, 7) is 1.38. The highest BCUT2D eigenvalue weighted by Crippen LogP contribution is 2.42. The second kappa shape index (κ2) is 12.1. The Labute approximate surface area is 222 Å². The van der Waals surface area contributed by atoms with Gasteiger partial charge in [0.05, 0.1) is 33.0 Å². The minimum absolute atomic E-state index is 0.196. The molecule has 2 saturated heterocycles. The van der Waals surface area contributed by atoms with Gasteiger partial charge in [-0.2, -0.15) is 0 Å². The Morgan fingerprint density at radius 1 is 0.868 bits per heavy atom. The van der Waals surface area contributed by atoms with Crippen molar-refractivity contribution in [3.8, 4) is 0 Å². The number of carboxylic acid groups (broad SMARTS) is 1. The molecule has 2 aliphatic heterocycles. The molecule has 0 unspecified atom stereocenters. The first-order chi connectivity index (χ1) is 18.6. The predicted octanol–water partition coefficient (Wildman–Crippen LogP) is 4.48. The average molecular weight is 520 g/mol. The van der Waals surface area contributed by atoms with Crippen molar-refractivity contribution in [3.63, 3.8) is 0 Å². The number of likely N-dealkylation sites (N-methyl/N-ethyl adjacent to an activating group) is 1. The van der Waals surface area contributed by atoms with Crippen molar-refractivity contribution in [3.05, 3.63) is 108 Å². The molecule has 8 heteroatoms. The third-order valence-electron chi connectivity index (χ3n) is 7.04. The highest BCUT2D eigenvalue weighted by molar-refractivity contribution is 5.65. The molecule has 2 fully saturated rings. The largest absolute Gasteiger partial charge is 0.465 e. The van der Waals surface area contributed by atoms with Gasteiger partial charge in [0.15, 0.2) is 6.29 Å². The smallest absolute Gasteiger partial charge is 0.407 e. The Morgan fingerprint density at radius 3 is 1.95 bits per heavy atom. The van der Waals surface area contributed by atoms with E-state index in [0.717, 1.165) is 16.7 Å². The zero-order valence-electron chi connectivity index (χ0n) is 21.3. The Hall–Kier alpha value is -3.27. The second-order valence-electron chi connectivity index (χ2n) is 9.70. The van der Waals surface area contributed by atoms with Crippen molar-refractivity contribution < 1.29 is 33.6 Å². The van der Waals surface area contributed by atoms with Crippen molar-refractivity contribution in [2.75, 3.05) is 20.3 Å². The van der Waals surface area contributed by atoms with E-state index in [9.17, 15) is 9.90 Å². The Kier molecular flexibility index (Phi) is 8.36. The summed E-state index contributed by atoms with van der Waals surface area (Å²) in [6.07, 6.45) is -3.24. The highest BCUT2D eigenvalue weighted by atomic mass is 16.8. The molecule has 2 aliphatic rings. The van der Waals surface area contributed by atoms with Gasteiger partial charge in [-0.05, 0) is 16.7 Å². The van der Waals surface area contributed by atoms with Crippen LogP contribution in [0.15, 0.2) is 91.0 Å². The van der Waals surface area contributed by atoms with E-state index in [2.05, 4.69) is 0 Å². The fourth-order valence-electron chi connectivity index (χ4n) is 5.04. The highest BCUT2D eigenvalue weighted by Gasteiger charge is 2.62. The van der Waals surface area contributed by atoms with Crippen LogP contribution in [-0.2, 0) is 43.5 Å². The molecule has 0 aromatic heterocycles. The molecule has 0 spiro atoms. The summed E-state index contributed by atoms with van der Waals surface area (Å²) < 4.78 is 31.7. The van der Waals surface area contributed by atoms with Gasteiger partial charge in [0.2, 0.25) is 0 Å². The molecule has 0 saturated carbocycles. The average Bonchev–Trinajstić information content (AvgIpc) is 3.32. The fourth-order valence-corrected chi connectivity index (χ4v) is 5.04. The summed E-state index contributed by atoms with van der Waals surface area (Å²) >= 11 is 0. The van der Waals surface area contributed by atoms with E-state index in [1.54, 1.807) is 0 Å². The first-order valence-corrected chi connectivity index (χ1v) is 12.7. The van der Waals surface area contributed by atoms with Crippen LogP contribution in [0.5, 0.6) is 0 Å². The van der Waals surface area contributed by atoms with Gasteiger partial charge >= 0.3 is 6.09 Å². The molecule has 200 valence electrons. The number of carbonyl (C=O) groups is 1. The molecular formula is C30H33NO7. The third-order valence-corrected chi connectivity index (χ3v) is 7.04. The lowest BCUT2D eigenvalue weighted by Crippen LogP contribution is -2.67. The van der Waals surface area contributed by atoms with E-state index in [4.69, 9.17) is 23.7 Å². The van der Waals surface area contributed by atoms with Crippen LogP contribution in [0.4, 0.5) is 4.79 Å². The SMILES string of the molecule is CN(C(=O)O)[C@H]1[C@H]2OC[C@](COCc3ccccc3)(O2)[C@H](OCc2ccccc2)[C@@H]1OCc1ccccc1. The van der Waals surface area contributed by atoms with E-state index in [-0.39, 0.29) is 19.8 Å². The maximum atomic E-state index is 12.1. The summed E-state index contributed by atoms with van der Waals surface area (Å²) in [7, 11) is 1.50. The summed E-state index contributed by atoms with van der Waals surface area (Å²) in [5.74, 6) is 0. The summed E-state index contributed by atoms with van der Waals surface area (Å²) in [4.78, 5) is 13.3. The number of fused-ring (bicyclic) bond motifs is 2. The predicted molar refractivity (Wildman–Crippen MR) is 139 cm³/mol. The van der Waals surface area contributed by atoms with E-state index in [1.165, 1.54) is 11.9 Å². The quantitative estimate of drug-likeness (QED) is 0.400. The van der Waals surface area contributed by atoms with E-state index >= 15 is 0 Å². The van der Waals surface area contributed by atoms with Crippen LogP contribution in [0.25, 0.3) is 0 Å². The van der Waals surface area contributed by atoms with Crippen molar-refractivity contribution in [2.45, 2.75) is 50.0 Å². The van der Waals surface area contributed by atoms with Gasteiger partial charge in [-0.1, -0.05) is 91.0 Å². The maximum absolute atomic E-state index is 12.1. The molecule has 5 rings (SSSR count). The Bertz CT molecular complexity index is 1160. The summed E-state index contributed by atoms with van der Waals surface area (Å²) in [5.41, 5.74) is 2.03. The number of benzene rings is 3. The normalized spacial score (nSPS) is 26.2. The van der Waals surface area contributed by atoms with Crippen LogP contribution in [0.1, 0.15) is 16.7 Å². The molecule has 3 aromatic rings. The van der Waals surface area contributed by atoms with E-state index in [1.807, 2.05) is 91.0 Å². The zero-order valence-corrected chi connectivity index (χ0v) is 21.3. The van der Waals surface area contributed by atoms with Crippen LogP contribution in [0.2, 0.25) is 0 Å². The Morgan fingerprint density at radius 2 is 1.39 bits per heavy atom. The lowest BCUT2D eigenvalue weighted by molar-refractivity contribution is -0.274. The standard InChI is InChI=1S/C30H33NO7/c1-31(29(32)33)25-26(35-18-23-13-7-3-8-14-23)27(36-19-24-15-9-4-10-16-24)30(21-37-28(25)38-30)20-34-17-22-11-5-2-6-12-22/h2-16,25-28H,17-21H2,1H3,(H,32,33)/t25-,26-,27-,28+,30+/m1/s1. The van der Waals surface area contributed by atoms with Crippen LogP contribution in [0, 0.1) is 0 Å².